The molecule has 0 spiro atoms. The smallest absolute Gasteiger partial charge is 0.330 e. The molecule has 16 heavy (non-hydrogen) atoms. The largest absolute Gasteiger partial charge is 0.467 e. The number of rotatable bonds is 3. The van der Waals surface area contributed by atoms with Gasteiger partial charge in [0, 0.05) is 0 Å². The second-order valence-electron chi connectivity index (χ2n) is 3.44. The lowest BCUT2D eigenvalue weighted by Gasteiger charge is -2.22. The Morgan fingerprint density at radius 3 is 2.19 bits per heavy atom. The Hall–Kier alpha value is -1.14. The monoisotopic (exact) mass is 264 g/mol. The molecule has 0 saturated carbocycles. The van der Waals surface area contributed by atoms with Gasteiger partial charge in [-0.1, -0.05) is 0 Å². The number of methoxy groups -OCH3 is 1. The van der Waals surface area contributed by atoms with E-state index in [2.05, 4.69) is 25.0 Å². The fourth-order valence-corrected chi connectivity index (χ4v) is 1.33. The van der Waals surface area contributed by atoms with Gasteiger partial charge in [0.15, 0.2) is 0 Å². The number of hydrogen-bond donors (Lipinski definition) is 1. The Labute approximate surface area is 102 Å². The molecule has 1 N–H and O–H groups in total. The number of carbonyl (C=O) groups is 1. The third-order valence-corrected chi connectivity index (χ3v) is 2.04. The fourth-order valence-electron chi connectivity index (χ4n) is 0.968. The van der Waals surface area contributed by atoms with Crippen LogP contribution in [0, 0.1) is 0 Å². The summed E-state index contributed by atoms with van der Waals surface area (Å²) in [6.45, 7) is 3.23. The van der Waals surface area contributed by atoms with Crippen molar-refractivity contribution in [3.8, 4) is 0 Å². The van der Waals surface area contributed by atoms with Gasteiger partial charge in [0.2, 0.25) is 16.5 Å². The molecule has 0 atom stereocenters. The van der Waals surface area contributed by atoms with Crippen LogP contribution in [0.5, 0.6) is 0 Å². The van der Waals surface area contributed by atoms with Crippen LogP contribution in [0.1, 0.15) is 13.8 Å². The molecule has 88 valence electrons. The summed E-state index contributed by atoms with van der Waals surface area (Å²) in [5.41, 5.74) is -0.983. The standard InChI is InChI=1S/C8H10Cl2N4O2/c1-8(2,4(15)16-3)14-7-12-5(9)11-6(10)13-7/h1-3H3,(H,11,12,13,14). The number of ether oxygens (including phenoxy) is 1. The van der Waals surface area contributed by atoms with Crippen LogP contribution in [0.3, 0.4) is 0 Å². The molecule has 6 nitrogen and oxygen atoms in total. The number of nitrogens with one attached hydrogen (secondary N) is 1. The summed E-state index contributed by atoms with van der Waals surface area (Å²) in [7, 11) is 1.29. The predicted molar refractivity (Wildman–Crippen MR) is 59.6 cm³/mol. The van der Waals surface area contributed by atoms with E-state index in [1.165, 1.54) is 7.11 Å². The molecule has 0 bridgehead atoms. The van der Waals surface area contributed by atoms with Crippen LogP contribution < -0.4 is 5.32 Å². The van der Waals surface area contributed by atoms with Gasteiger partial charge in [-0.15, -0.1) is 0 Å². The quantitative estimate of drug-likeness (QED) is 0.835. The van der Waals surface area contributed by atoms with Crippen LogP contribution in [0.2, 0.25) is 10.6 Å². The van der Waals surface area contributed by atoms with E-state index in [4.69, 9.17) is 23.2 Å². The molecule has 1 rings (SSSR count). The molecule has 8 heteroatoms. The molecule has 1 heterocycles. The van der Waals surface area contributed by atoms with Crippen molar-refractivity contribution in [3.63, 3.8) is 0 Å². The molecule has 1 aromatic heterocycles. The third-order valence-electron chi connectivity index (χ3n) is 1.70. The average molecular weight is 265 g/mol. The summed E-state index contributed by atoms with van der Waals surface area (Å²) in [6.07, 6.45) is 0. The molecule has 0 radical (unpaired) electrons. The molecule has 0 aromatic carbocycles. The fraction of sp³-hybridized carbons (Fsp3) is 0.500. The Morgan fingerprint density at radius 1 is 1.25 bits per heavy atom. The molecule has 0 aliphatic carbocycles. The second kappa shape index (κ2) is 4.80. The first-order valence-corrected chi connectivity index (χ1v) is 5.04. The van der Waals surface area contributed by atoms with E-state index < -0.39 is 11.5 Å². The van der Waals surface area contributed by atoms with Crippen molar-refractivity contribution < 1.29 is 9.53 Å². The minimum Gasteiger partial charge on any atom is -0.467 e. The minimum atomic E-state index is -0.983. The van der Waals surface area contributed by atoms with Gasteiger partial charge >= 0.3 is 5.97 Å². The lowest BCUT2D eigenvalue weighted by Crippen LogP contribution is -2.41. The summed E-state index contributed by atoms with van der Waals surface area (Å²) in [5, 5.41) is 2.64. The average Bonchev–Trinajstić information content (AvgIpc) is 2.13. The Balaban J connectivity index is 2.91. The minimum absolute atomic E-state index is 0.0526. The van der Waals surface area contributed by atoms with Gasteiger partial charge < -0.3 is 10.1 Å². The molecule has 0 aliphatic rings. The predicted octanol–water partition coefficient (Wildman–Crippen LogP) is 1.54. The van der Waals surface area contributed by atoms with Gasteiger partial charge in [0.25, 0.3) is 0 Å². The van der Waals surface area contributed by atoms with Crippen LogP contribution in [0.15, 0.2) is 0 Å². The van der Waals surface area contributed by atoms with Crippen LogP contribution in [-0.4, -0.2) is 33.6 Å². The van der Waals surface area contributed by atoms with Crippen molar-refractivity contribution in [3.05, 3.63) is 10.6 Å². The summed E-state index contributed by atoms with van der Waals surface area (Å²) in [6, 6.07) is 0. The Morgan fingerprint density at radius 2 is 1.75 bits per heavy atom. The lowest BCUT2D eigenvalue weighted by molar-refractivity contribution is -0.144. The molecule has 1 aromatic rings. The maximum absolute atomic E-state index is 11.4. The second-order valence-corrected chi connectivity index (χ2v) is 4.11. The molecule has 0 unspecified atom stereocenters. The maximum atomic E-state index is 11.4. The number of aromatic nitrogens is 3. The van der Waals surface area contributed by atoms with Crippen molar-refractivity contribution in [1.29, 1.82) is 0 Å². The van der Waals surface area contributed by atoms with Crippen molar-refractivity contribution >= 4 is 35.1 Å². The summed E-state index contributed by atoms with van der Waals surface area (Å²) in [5.74, 6) is -0.347. The van der Waals surface area contributed by atoms with E-state index in [0.717, 1.165) is 0 Å². The van der Waals surface area contributed by atoms with E-state index >= 15 is 0 Å². The van der Waals surface area contributed by atoms with E-state index in [-0.39, 0.29) is 16.5 Å². The van der Waals surface area contributed by atoms with Gasteiger partial charge in [0.05, 0.1) is 7.11 Å². The van der Waals surface area contributed by atoms with E-state index in [9.17, 15) is 4.79 Å². The summed E-state index contributed by atoms with van der Waals surface area (Å²) >= 11 is 11.2. The van der Waals surface area contributed by atoms with Crippen molar-refractivity contribution in [2.24, 2.45) is 0 Å². The lowest BCUT2D eigenvalue weighted by atomic mass is 10.1. The van der Waals surface area contributed by atoms with Crippen LogP contribution in [0.4, 0.5) is 5.95 Å². The van der Waals surface area contributed by atoms with Gasteiger partial charge in [-0.05, 0) is 37.0 Å². The molecule has 0 amide bonds. The topological polar surface area (TPSA) is 77.0 Å². The molecule has 0 aliphatic heterocycles. The first kappa shape index (κ1) is 12.9. The highest BCUT2D eigenvalue weighted by atomic mass is 35.5. The van der Waals surface area contributed by atoms with Gasteiger partial charge in [0.1, 0.15) is 5.54 Å². The summed E-state index contributed by atoms with van der Waals surface area (Å²) < 4.78 is 4.61. The maximum Gasteiger partial charge on any atom is 0.330 e. The number of halogens is 2. The van der Waals surface area contributed by atoms with Crippen molar-refractivity contribution in [2.45, 2.75) is 19.4 Å². The zero-order valence-corrected chi connectivity index (χ0v) is 10.4. The highest BCUT2D eigenvalue weighted by Crippen LogP contribution is 2.15. The number of nitrogens with zero attached hydrogens (tertiary/aromatic N) is 3. The Kier molecular flexibility index (Phi) is 3.88. The SMILES string of the molecule is COC(=O)C(C)(C)Nc1nc(Cl)nc(Cl)n1. The van der Waals surface area contributed by atoms with E-state index in [0.29, 0.717) is 0 Å². The van der Waals surface area contributed by atoms with E-state index in [1.54, 1.807) is 13.8 Å². The number of hydrogen-bond acceptors (Lipinski definition) is 6. The molecular formula is C8H10Cl2N4O2. The molecule has 0 saturated heterocycles. The van der Waals surface area contributed by atoms with Crippen LogP contribution >= 0.6 is 23.2 Å². The third kappa shape index (κ3) is 3.18. The van der Waals surface area contributed by atoms with Crippen LogP contribution in [0.25, 0.3) is 0 Å². The first-order chi connectivity index (χ1) is 7.35. The normalized spacial score (nSPS) is 11.1. The van der Waals surface area contributed by atoms with Gasteiger partial charge in [-0.3, -0.25) is 0 Å². The number of carbonyl (C=O) groups excluding carboxylic acids is 1. The van der Waals surface area contributed by atoms with Gasteiger partial charge in [-0.25, -0.2) is 4.79 Å². The molecular weight excluding hydrogens is 255 g/mol. The number of esters is 1. The first-order valence-electron chi connectivity index (χ1n) is 4.29. The van der Waals surface area contributed by atoms with Crippen LogP contribution in [-0.2, 0) is 9.53 Å². The highest BCUT2D eigenvalue weighted by Gasteiger charge is 2.29. The van der Waals surface area contributed by atoms with Crippen molar-refractivity contribution in [2.75, 3.05) is 12.4 Å². The van der Waals surface area contributed by atoms with E-state index in [1.807, 2.05) is 0 Å². The highest BCUT2D eigenvalue weighted by molar-refractivity contribution is 6.31. The van der Waals surface area contributed by atoms with Gasteiger partial charge in [-0.2, -0.15) is 15.0 Å². The van der Waals surface area contributed by atoms with Crippen molar-refractivity contribution in [1.82, 2.24) is 15.0 Å². The zero-order valence-electron chi connectivity index (χ0n) is 8.91. The number of anilines is 1. The Bertz CT molecular complexity index is 391. The summed E-state index contributed by atoms with van der Waals surface area (Å²) in [4.78, 5) is 22.5. The zero-order chi connectivity index (χ0) is 12.3. The molecule has 0 fully saturated rings.